The molecule has 25 heavy (non-hydrogen) atoms. The summed E-state index contributed by atoms with van der Waals surface area (Å²) in [7, 11) is -2.32. The van der Waals surface area contributed by atoms with Crippen LogP contribution >= 0.6 is 0 Å². The van der Waals surface area contributed by atoms with Crippen LogP contribution in [0.3, 0.4) is 0 Å². The Morgan fingerprint density at radius 1 is 1.00 bits per heavy atom. The van der Waals surface area contributed by atoms with Crippen LogP contribution in [0.25, 0.3) is 0 Å². The number of aryl methyl sites for hydroxylation is 1. The number of hydrogen-bond donors (Lipinski definition) is 0. The van der Waals surface area contributed by atoms with Crippen LogP contribution in [0.15, 0.2) is 47.4 Å². The molecule has 0 aliphatic heterocycles. The molecule has 0 aliphatic rings. The molecule has 2 rings (SSSR count). The SMILES string of the molecule is COCCOc1ccc(S(=O)(=O)Oc2cc(C)ccc2C(C)C)cc1. The minimum atomic E-state index is -3.91. The van der Waals surface area contributed by atoms with Crippen LogP contribution in [0.5, 0.6) is 11.5 Å². The lowest BCUT2D eigenvalue weighted by Crippen LogP contribution is -2.11. The van der Waals surface area contributed by atoms with Gasteiger partial charge in [-0.05, 0) is 54.3 Å². The largest absolute Gasteiger partial charge is 0.491 e. The first-order valence-corrected chi connectivity index (χ1v) is 9.51. The molecule has 2 aromatic rings. The maximum absolute atomic E-state index is 12.6. The van der Waals surface area contributed by atoms with Crippen molar-refractivity contribution in [3.8, 4) is 11.5 Å². The Balaban J connectivity index is 2.21. The molecular formula is C19H24O5S. The minimum absolute atomic E-state index is 0.0859. The highest BCUT2D eigenvalue weighted by molar-refractivity contribution is 7.87. The van der Waals surface area contributed by atoms with Gasteiger partial charge in [0.15, 0.2) is 0 Å². The molecule has 0 amide bonds. The first kappa shape index (κ1) is 19.3. The summed E-state index contributed by atoms with van der Waals surface area (Å²) in [4.78, 5) is 0.0859. The molecule has 136 valence electrons. The van der Waals surface area contributed by atoms with E-state index in [1.807, 2.05) is 32.9 Å². The Bertz CT molecular complexity index is 795. The summed E-state index contributed by atoms with van der Waals surface area (Å²) in [6, 6.07) is 11.7. The Kier molecular flexibility index (Phi) is 6.45. The van der Waals surface area contributed by atoms with Gasteiger partial charge in [0.2, 0.25) is 0 Å². The first-order chi connectivity index (χ1) is 11.8. The number of rotatable bonds is 8. The summed E-state index contributed by atoms with van der Waals surface area (Å²) in [6.45, 7) is 6.76. The van der Waals surface area contributed by atoms with Crippen molar-refractivity contribution in [2.24, 2.45) is 0 Å². The maximum Gasteiger partial charge on any atom is 0.339 e. The molecule has 0 unspecified atom stereocenters. The first-order valence-electron chi connectivity index (χ1n) is 8.10. The zero-order chi connectivity index (χ0) is 18.4. The maximum atomic E-state index is 12.6. The third-order valence-electron chi connectivity index (χ3n) is 3.66. The van der Waals surface area contributed by atoms with Gasteiger partial charge in [-0.25, -0.2) is 0 Å². The smallest absolute Gasteiger partial charge is 0.339 e. The molecule has 0 saturated heterocycles. The molecule has 0 radical (unpaired) electrons. The van der Waals surface area contributed by atoms with Gasteiger partial charge in [-0.1, -0.05) is 26.0 Å². The summed E-state index contributed by atoms with van der Waals surface area (Å²) in [5, 5.41) is 0. The lowest BCUT2D eigenvalue weighted by Gasteiger charge is -2.15. The molecule has 0 saturated carbocycles. The topological polar surface area (TPSA) is 61.8 Å². The van der Waals surface area contributed by atoms with Crippen molar-refractivity contribution in [2.75, 3.05) is 20.3 Å². The van der Waals surface area contributed by atoms with E-state index in [9.17, 15) is 8.42 Å². The number of benzene rings is 2. The van der Waals surface area contributed by atoms with E-state index in [1.54, 1.807) is 25.3 Å². The fraction of sp³-hybridized carbons (Fsp3) is 0.368. The summed E-state index contributed by atoms with van der Waals surface area (Å²) < 4.78 is 40.9. The lowest BCUT2D eigenvalue weighted by atomic mass is 10.0. The van der Waals surface area contributed by atoms with Gasteiger partial charge in [0, 0.05) is 7.11 Å². The molecule has 0 bridgehead atoms. The Labute approximate surface area is 149 Å². The van der Waals surface area contributed by atoms with Crippen molar-refractivity contribution >= 4 is 10.1 Å². The second-order valence-corrected chi connectivity index (χ2v) is 7.59. The van der Waals surface area contributed by atoms with E-state index in [2.05, 4.69) is 0 Å². The highest BCUT2D eigenvalue weighted by Crippen LogP contribution is 2.30. The van der Waals surface area contributed by atoms with Gasteiger partial charge in [-0.2, -0.15) is 8.42 Å². The second kappa shape index (κ2) is 8.36. The molecule has 5 nitrogen and oxygen atoms in total. The highest BCUT2D eigenvalue weighted by atomic mass is 32.2. The number of hydrogen-bond acceptors (Lipinski definition) is 5. The standard InChI is InChI=1S/C19H24O5S/c1-14(2)18-10-5-15(3)13-19(18)24-25(20,21)17-8-6-16(7-9-17)23-12-11-22-4/h5-10,13-14H,11-12H2,1-4H3. The van der Waals surface area contributed by atoms with Crippen molar-refractivity contribution in [1.82, 2.24) is 0 Å². The van der Waals surface area contributed by atoms with Crippen molar-refractivity contribution in [1.29, 1.82) is 0 Å². The summed E-state index contributed by atoms with van der Waals surface area (Å²) in [5.41, 5.74) is 1.80. The Hall–Kier alpha value is -2.05. The van der Waals surface area contributed by atoms with Crippen LogP contribution in [-0.2, 0) is 14.9 Å². The Morgan fingerprint density at radius 3 is 2.28 bits per heavy atom. The average Bonchev–Trinajstić information content (AvgIpc) is 2.55. The van der Waals surface area contributed by atoms with E-state index < -0.39 is 10.1 Å². The fourth-order valence-corrected chi connectivity index (χ4v) is 3.25. The molecule has 0 spiro atoms. The fourth-order valence-electron chi connectivity index (χ4n) is 2.30. The minimum Gasteiger partial charge on any atom is -0.491 e. The van der Waals surface area contributed by atoms with E-state index in [1.165, 1.54) is 12.1 Å². The molecule has 6 heteroatoms. The summed E-state index contributed by atoms with van der Waals surface area (Å²) in [6.07, 6.45) is 0. The normalized spacial score (nSPS) is 11.6. The van der Waals surface area contributed by atoms with Crippen molar-refractivity contribution < 1.29 is 22.1 Å². The van der Waals surface area contributed by atoms with Crippen LogP contribution in [-0.4, -0.2) is 28.7 Å². The molecule has 0 atom stereocenters. The van der Waals surface area contributed by atoms with Crippen molar-refractivity contribution in [3.63, 3.8) is 0 Å². The second-order valence-electron chi connectivity index (χ2n) is 6.05. The molecule has 0 aliphatic carbocycles. The van der Waals surface area contributed by atoms with Gasteiger partial charge in [0.1, 0.15) is 23.0 Å². The van der Waals surface area contributed by atoms with Gasteiger partial charge >= 0.3 is 10.1 Å². The molecule has 2 aromatic carbocycles. The van der Waals surface area contributed by atoms with Crippen LogP contribution in [0.2, 0.25) is 0 Å². The summed E-state index contributed by atoms with van der Waals surface area (Å²) >= 11 is 0. The zero-order valence-corrected chi connectivity index (χ0v) is 15.8. The molecule has 0 fully saturated rings. The van der Waals surface area contributed by atoms with Crippen LogP contribution in [0.4, 0.5) is 0 Å². The Morgan fingerprint density at radius 2 is 1.68 bits per heavy atom. The van der Waals surface area contributed by atoms with Crippen molar-refractivity contribution in [3.05, 3.63) is 53.6 Å². The van der Waals surface area contributed by atoms with E-state index in [4.69, 9.17) is 13.7 Å². The van der Waals surface area contributed by atoms with E-state index >= 15 is 0 Å². The van der Waals surface area contributed by atoms with Gasteiger partial charge in [-0.3, -0.25) is 0 Å². The average molecular weight is 364 g/mol. The third kappa shape index (κ3) is 5.21. The van der Waals surface area contributed by atoms with E-state index in [0.717, 1.165) is 11.1 Å². The summed E-state index contributed by atoms with van der Waals surface area (Å²) in [5.74, 6) is 1.10. The number of methoxy groups -OCH3 is 1. The van der Waals surface area contributed by atoms with Crippen LogP contribution < -0.4 is 8.92 Å². The van der Waals surface area contributed by atoms with E-state index in [-0.39, 0.29) is 10.8 Å². The van der Waals surface area contributed by atoms with Crippen LogP contribution in [0, 0.1) is 6.92 Å². The van der Waals surface area contributed by atoms with E-state index in [0.29, 0.717) is 24.7 Å². The predicted molar refractivity (Wildman–Crippen MR) is 96.9 cm³/mol. The van der Waals surface area contributed by atoms with Crippen LogP contribution in [0.1, 0.15) is 30.9 Å². The lowest BCUT2D eigenvalue weighted by molar-refractivity contribution is 0.146. The monoisotopic (exact) mass is 364 g/mol. The van der Waals surface area contributed by atoms with Gasteiger partial charge in [0.25, 0.3) is 0 Å². The predicted octanol–water partition coefficient (Wildman–Crippen LogP) is 3.91. The zero-order valence-electron chi connectivity index (χ0n) is 15.0. The van der Waals surface area contributed by atoms with Crippen molar-refractivity contribution in [2.45, 2.75) is 31.6 Å². The van der Waals surface area contributed by atoms with Gasteiger partial charge < -0.3 is 13.7 Å². The molecule has 0 heterocycles. The van der Waals surface area contributed by atoms with Gasteiger partial charge in [-0.15, -0.1) is 0 Å². The number of ether oxygens (including phenoxy) is 2. The molecule has 0 aromatic heterocycles. The molecule has 0 N–H and O–H groups in total. The third-order valence-corrected chi connectivity index (χ3v) is 4.91. The highest BCUT2D eigenvalue weighted by Gasteiger charge is 2.19. The molecular weight excluding hydrogens is 340 g/mol. The quantitative estimate of drug-likeness (QED) is 0.525. The van der Waals surface area contributed by atoms with Gasteiger partial charge in [0.05, 0.1) is 6.61 Å².